The molecule has 0 amide bonds. The lowest BCUT2D eigenvalue weighted by atomic mass is 9.89. The van der Waals surface area contributed by atoms with Gasteiger partial charge in [-0.25, -0.2) is 4.98 Å². The highest BCUT2D eigenvalue weighted by atomic mass is 32.1. The van der Waals surface area contributed by atoms with Gasteiger partial charge in [-0.15, -0.1) is 11.3 Å². The summed E-state index contributed by atoms with van der Waals surface area (Å²) in [5, 5.41) is 4.52. The number of nitrogens with zero attached hydrogens (tertiary/aromatic N) is 1. The fraction of sp³-hybridized carbons (Fsp3) is 0.240. The first-order chi connectivity index (χ1) is 15.4. The summed E-state index contributed by atoms with van der Waals surface area (Å²) in [6.45, 7) is 2.01. The van der Waals surface area contributed by atoms with Gasteiger partial charge < -0.3 is 9.47 Å². The number of ether oxygens (including phenoxy) is 2. The van der Waals surface area contributed by atoms with E-state index in [2.05, 4.69) is 4.98 Å². The summed E-state index contributed by atoms with van der Waals surface area (Å²) in [6, 6.07) is 17.5. The Balaban J connectivity index is 1.71. The van der Waals surface area contributed by atoms with Gasteiger partial charge in [-0.2, -0.15) is 13.2 Å². The molecule has 0 aliphatic carbocycles. The third-order valence-electron chi connectivity index (χ3n) is 5.54. The number of halogens is 3. The molecule has 32 heavy (non-hydrogen) atoms. The van der Waals surface area contributed by atoms with Crippen LogP contribution >= 0.6 is 11.3 Å². The Kier molecular flexibility index (Phi) is 6.22. The number of hydrogen-bond donors (Lipinski definition) is 0. The predicted octanol–water partition coefficient (Wildman–Crippen LogP) is 7.19. The minimum absolute atomic E-state index is 0.134. The van der Waals surface area contributed by atoms with Crippen LogP contribution in [-0.4, -0.2) is 12.1 Å². The van der Waals surface area contributed by atoms with Crippen molar-refractivity contribution in [1.82, 2.24) is 4.98 Å². The molecule has 4 rings (SSSR count). The van der Waals surface area contributed by atoms with E-state index < -0.39 is 17.3 Å². The fourth-order valence-electron chi connectivity index (χ4n) is 3.83. The molecule has 1 atom stereocenters. The smallest absolute Gasteiger partial charge is 0.416 e. The molecule has 1 heterocycles. The summed E-state index contributed by atoms with van der Waals surface area (Å²) in [5.74, 6) is 0.134. The van der Waals surface area contributed by atoms with Crippen molar-refractivity contribution in [2.75, 3.05) is 7.11 Å². The quantitative estimate of drug-likeness (QED) is 0.294. The molecule has 0 aliphatic heterocycles. The van der Waals surface area contributed by atoms with Crippen LogP contribution < -0.4 is 4.74 Å². The van der Waals surface area contributed by atoms with Crippen molar-refractivity contribution in [2.45, 2.75) is 31.7 Å². The maximum Gasteiger partial charge on any atom is 0.416 e. The average Bonchev–Trinajstić information content (AvgIpc) is 3.33. The van der Waals surface area contributed by atoms with Crippen LogP contribution in [0.2, 0.25) is 0 Å². The van der Waals surface area contributed by atoms with E-state index in [0.717, 1.165) is 28.5 Å². The molecule has 0 N–H and O–H groups in total. The van der Waals surface area contributed by atoms with Gasteiger partial charge in [0, 0.05) is 18.7 Å². The van der Waals surface area contributed by atoms with Crippen molar-refractivity contribution in [2.24, 2.45) is 0 Å². The Morgan fingerprint density at radius 2 is 1.69 bits per heavy atom. The van der Waals surface area contributed by atoms with Crippen LogP contribution in [0.4, 0.5) is 13.2 Å². The van der Waals surface area contributed by atoms with E-state index in [1.807, 2.05) is 49.4 Å². The van der Waals surface area contributed by atoms with Crippen LogP contribution in [0.3, 0.4) is 0 Å². The third kappa shape index (κ3) is 4.36. The second-order valence-electron chi connectivity index (χ2n) is 7.44. The second-order valence-corrected chi connectivity index (χ2v) is 8.33. The topological polar surface area (TPSA) is 31.4 Å². The zero-order valence-electron chi connectivity index (χ0n) is 17.6. The summed E-state index contributed by atoms with van der Waals surface area (Å²) in [4.78, 5) is 4.32. The molecule has 4 aromatic rings. The molecule has 0 radical (unpaired) electrons. The maximum atomic E-state index is 13.7. The van der Waals surface area contributed by atoms with E-state index in [4.69, 9.17) is 9.47 Å². The molecule has 0 bridgehead atoms. The number of methoxy groups -OCH3 is 1. The minimum atomic E-state index is -4.52. The summed E-state index contributed by atoms with van der Waals surface area (Å²) < 4.78 is 52.8. The normalized spacial score (nSPS) is 13.8. The molecule has 166 valence electrons. The van der Waals surface area contributed by atoms with Gasteiger partial charge in [0.25, 0.3) is 0 Å². The van der Waals surface area contributed by atoms with Gasteiger partial charge in [-0.1, -0.05) is 43.3 Å². The number of thiazole rings is 1. The van der Waals surface area contributed by atoms with E-state index in [0.29, 0.717) is 17.0 Å². The standard InChI is InChI=1S/C25H22F3NO2S/c1-3-24(30-2,23-29-10-11-32-23)20-13-21(25(26,27)28)15-22(14-20)31-16-17-8-9-18-6-4-5-7-19(18)12-17/h4-15H,3,16H2,1-2H3. The van der Waals surface area contributed by atoms with Crippen LogP contribution in [0, 0.1) is 0 Å². The lowest BCUT2D eigenvalue weighted by molar-refractivity contribution is -0.137. The van der Waals surface area contributed by atoms with E-state index in [1.54, 1.807) is 17.6 Å². The van der Waals surface area contributed by atoms with Crippen molar-refractivity contribution in [3.05, 3.63) is 93.9 Å². The van der Waals surface area contributed by atoms with Gasteiger partial charge in [0.15, 0.2) is 0 Å². The zero-order chi connectivity index (χ0) is 22.8. The number of benzene rings is 3. The van der Waals surface area contributed by atoms with Crippen LogP contribution in [-0.2, 0) is 23.1 Å². The minimum Gasteiger partial charge on any atom is -0.489 e. The zero-order valence-corrected chi connectivity index (χ0v) is 18.5. The Labute approximate surface area is 188 Å². The molecule has 0 saturated heterocycles. The summed E-state index contributed by atoms with van der Waals surface area (Å²) in [7, 11) is 1.49. The first-order valence-corrected chi connectivity index (χ1v) is 11.0. The van der Waals surface area contributed by atoms with Crippen LogP contribution in [0.15, 0.2) is 72.2 Å². The summed E-state index contributed by atoms with van der Waals surface area (Å²) >= 11 is 1.35. The average molecular weight is 458 g/mol. The monoisotopic (exact) mass is 457 g/mol. The van der Waals surface area contributed by atoms with Crippen LogP contribution in [0.25, 0.3) is 10.8 Å². The Hall–Kier alpha value is -2.90. The van der Waals surface area contributed by atoms with Crippen molar-refractivity contribution in [3.63, 3.8) is 0 Å². The number of alkyl halides is 3. The van der Waals surface area contributed by atoms with Crippen molar-refractivity contribution in [3.8, 4) is 5.75 Å². The Bertz CT molecular complexity index is 1200. The van der Waals surface area contributed by atoms with Gasteiger partial charge >= 0.3 is 6.18 Å². The lowest BCUT2D eigenvalue weighted by Crippen LogP contribution is -2.29. The number of aromatic nitrogens is 1. The molecule has 0 spiro atoms. The van der Waals surface area contributed by atoms with Crippen molar-refractivity contribution >= 4 is 22.1 Å². The molecular weight excluding hydrogens is 435 g/mol. The largest absolute Gasteiger partial charge is 0.489 e. The summed E-state index contributed by atoms with van der Waals surface area (Å²) in [6.07, 6.45) is -2.48. The van der Waals surface area contributed by atoms with Crippen molar-refractivity contribution in [1.29, 1.82) is 0 Å². The Morgan fingerprint density at radius 1 is 0.938 bits per heavy atom. The number of hydrogen-bond acceptors (Lipinski definition) is 4. The molecule has 1 unspecified atom stereocenters. The first kappa shape index (κ1) is 22.3. The third-order valence-corrected chi connectivity index (χ3v) is 6.46. The Morgan fingerprint density at radius 3 is 2.34 bits per heavy atom. The van der Waals surface area contributed by atoms with Crippen LogP contribution in [0.1, 0.15) is 35.0 Å². The lowest BCUT2D eigenvalue weighted by Gasteiger charge is -2.31. The number of fused-ring (bicyclic) bond motifs is 1. The highest BCUT2D eigenvalue weighted by molar-refractivity contribution is 7.09. The first-order valence-electron chi connectivity index (χ1n) is 10.1. The molecule has 3 aromatic carbocycles. The summed E-state index contributed by atoms with van der Waals surface area (Å²) in [5.41, 5.74) is -0.636. The molecular formula is C25H22F3NO2S. The second kappa shape index (κ2) is 8.92. The van der Waals surface area contributed by atoms with E-state index >= 15 is 0 Å². The van der Waals surface area contributed by atoms with Crippen LogP contribution in [0.5, 0.6) is 5.75 Å². The van der Waals surface area contributed by atoms with Gasteiger partial charge in [0.1, 0.15) is 23.0 Å². The maximum absolute atomic E-state index is 13.7. The van der Waals surface area contributed by atoms with Gasteiger partial charge in [0.2, 0.25) is 0 Å². The van der Waals surface area contributed by atoms with Gasteiger partial charge in [0.05, 0.1) is 5.56 Å². The predicted molar refractivity (Wildman–Crippen MR) is 120 cm³/mol. The SMILES string of the molecule is CCC(OC)(c1cc(OCc2ccc3ccccc3c2)cc(C(F)(F)F)c1)c1nccs1. The molecule has 0 fully saturated rings. The fourth-order valence-corrected chi connectivity index (χ4v) is 4.73. The van der Waals surface area contributed by atoms with E-state index in [-0.39, 0.29) is 12.4 Å². The number of rotatable bonds is 7. The molecule has 0 aliphatic rings. The molecule has 7 heteroatoms. The molecule has 0 saturated carbocycles. The molecule has 1 aromatic heterocycles. The highest BCUT2D eigenvalue weighted by Crippen LogP contribution is 2.42. The van der Waals surface area contributed by atoms with Gasteiger partial charge in [-0.3, -0.25) is 0 Å². The van der Waals surface area contributed by atoms with E-state index in [1.165, 1.54) is 18.4 Å². The molecule has 3 nitrogen and oxygen atoms in total. The van der Waals surface area contributed by atoms with E-state index in [9.17, 15) is 13.2 Å². The van der Waals surface area contributed by atoms with Gasteiger partial charge in [-0.05, 0) is 52.6 Å². The van der Waals surface area contributed by atoms with Crippen molar-refractivity contribution < 1.29 is 22.6 Å². The highest BCUT2D eigenvalue weighted by Gasteiger charge is 2.39.